The predicted octanol–water partition coefficient (Wildman–Crippen LogP) is 5.05. The van der Waals surface area contributed by atoms with Gasteiger partial charge < -0.3 is 5.32 Å². The van der Waals surface area contributed by atoms with Crippen molar-refractivity contribution in [3.63, 3.8) is 0 Å². The summed E-state index contributed by atoms with van der Waals surface area (Å²) >= 11 is 8.18. The summed E-state index contributed by atoms with van der Waals surface area (Å²) in [6, 6.07) is 14.7. The van der Waals surface area contributed by atoms with Crippen LogP contribution in [0.4, 0.5) is 0 Å². The second-order valence-electron chi connectivity index (χ2n) is 4.71. The van der Waals surface area contributed by atoms with Crippen LogP contribution in [0.2, 0.25) is 5.02 Å². The molecule has 0 heterocycles. The number of rotatable bonds is 6. The molecule has 20 heavy (non-hydrogen) atoms. The summed E-state index contributed by atoms with van der Waals surface area (Å²) in [6.07, 6.45) is 0. The van der Waals surface area contributed by atoms with Crippen molar-refractivity contribution in [3.8, 4) is 0 Å². The highest BCUT2D eigenvalue weighted by atomic mass is 35.5. The van der Waals surface area contributed by atoms with E-state index in [1.165, 1.54) is 21.6 Å². The molecule has 2 aromatic carbocycles. The minimum Gasteiger partial charge on any atom is -0.313 e. The average Bonchev–Trinajstić information content (AvgIpc) is 2.45. The van der Waals surface area contributed by atoms with E-state index in [2.05, 4.69) is 49.5 Å². The molecule has 0 amide bonds. The van der Waals surface area contributed by atoms with Crippen LogP contribution in [0, 0.1) is 6.92 Å². The van der Waals surface area contributed by atoms with Gasteiger partial charge in [-0.15, -0.1) is 11.8 Å². The molecule has 2 aromatic rings. The molecule has 0 saturated heterocycles. The zero-order chi connectivity index (χ0) is 14.4. The fourth-order valence-electron chi connectivity index (χ4n) is 2.02. The normalized spacial score (nSPS) is 10.8. The highest BCUT2D eigenvalue weighted by Gasteiger charge is 2.08. The van der Waals surface area contributed by atoms with Crippen molar-refractivity contribution >= 4 is 23.4 Å². The van der Waals surface area contributed by atoms with Gasteiger partial charge in [-0.3, -0.25) is 0 Å². The van der Waals surface area contributed by atoms with Crippen LogP contribution >= 0.6 is 23.4 Å². The number of halogens is 1. The standard InChI is InChI=1S/C17H20ClNS/c1-3-19-11-15-16(18)9-6-10-17(15)20-12-14-8-5-4-7-13(14)2/h4-10,19H,3,11-12H2,1-2H3. The van der Waals surface area contributed by atoms with E-state index < -0.39 is 0 Å². The van der Waals surface area contributed by atoms with Crippen molar-refractivity contribution < 1.29 is 0 Å². The van der Waals surface area contributed by atoms with E-state index in [0.717, 1.165) is 23.9 Å². The first-order valence-corrected chi connectivity index (χ1v) is 8.24. The summed E-state index contributed by atoms with van der Waals surface area (Å²) in [7, 11) is 0. The van der Waals surface area contributed by atoms with E-state index in [1.54, 1.807) is 0 Å². The van der Waals surface area contributed by atoms with Crippen molar-refractivity contribution in [1.29, 1.82) is 0 Å². The smallest absolute Gasteiger partial charge is 0.0462 e. The molecule has 106 valence electrons. The van der Waals surface area contributed by atoms with Crippen molar-refractivity contribution in [2.75, 3.05) is 6.54 Å². The minimum atomic E-state index is 0.826. The summed E-state index contributed by atoms with van der Waals surface area (Å²) in [4.78, 5) is 1.27. The molecule has 1 nitrogen and oxygen atoms in total. The van der Waals surface area contributed by atoms with Crippen molar-refractivity contribution in [3.05, 3.63) is 64.2 Å². The molecule has 2 rings (SSSR count). The van der Waals surface area contributed by atoms with Crippen LogP contribution in [0.1, 0.15) is 23.6 Å². The second-order valence-corrected chi connectivity index (χ2v) is 6.14. The summed E-state index contributed by atoms with van der Waals surface area (Å²) in [5.41, 5.74) is 3.93. The fourth-order valence-corrected chi connectivity index (χ4v) is 3.49. The maximum atomic E-state index is 6.32. The number of benzene rings is 2. The van der Waals surface area contributed by atoms with Gasteiger partial charge in [0.15, 0.2) is 0 Å². The van der Waals surface area contributed by atoms with Gasteiger partial charge in [-0.2, -0.15) is 0 Å². The number of thioether (sulfide) groups is 1. The Labute approximate surface area is 130 Å². The summed E-state index contributed by atoms with van der Waals surface area (Å²) in [5.74, 6) is 0.978. The van der Waals surface area contributed by atoms with E-state index in [9.17, 15) is 0 Å². The maximum Gasteiger partial charge on any atom is 0.0462 e. The third kappa shape index (κ3) is 4.02. The Kier molecular flexibility index (Phi) is 5.96. The Morgan fingerprint density at radius 1 is 1.10 bits per heavy atom. The molecule has 0 aromatic heterocycles. The molecule has 0 unspecified atom stereocenters. The quantitative estimate of drug-likeness (QED) is 0.749. The minimum absolute atomic E-state index is 0.826. The fraction of sp³-hybridized carbons (Fsp3) is 0.294. The topological polar surface area (TPSA) is 12.0 Å². The van der Waals surface area contributed by atoms with E-state index in [0.29, 0.717) is 0 Å². The summed E-state index contributed by atoms with van der Waals surface area (Å²) < 4.78 is 0. The van der Waals surface area contributed by atoms with Crippen LogP contribution in [0.5, 0.6) is 0 Å². The second kappa shape index (κ2) is 7.72. The predicted molar refractivity (Wildman–Crippen MR) is 89.6 cm³/mol. The highest BCUT2D eigenvalue weighted by molar-refractivity contribution is 7.98. The van der Waals surface area contributed by atoms with Gasteiger partial charge in [0.2, 0.25) is 0 Å². The largest absolute Gasteiger partial charge is 0.313 e. The Morgan fingerprint density at radius 2 is 1.90 bits per heavy atom. The number of hydrogen-bond donors (Lipinski definition) is 1. The van der Waals surface area contributed by atoms with Gasteiger partial charge in [-0.1, -0.05) is 48.9 Å². The first kappa shape index (κ1) is 15.4. The van der Waals surface area contributed by atoms with Crippen molar-refractivity contribution in [1.82, 2.24) is 5.32 Å². The molecule has 0 fully saturated rings. The lowest BCUT2D eigenvalue weighted by atomic mass is 10.1. The molecule has 0 spiro atoms. The van der Waals surface area contributed by atoms with E-state index in [4.69, 9.17) is 11.6 Å². The third-order valence-electron chi connectivity index (χ3n) is 3.27. The van der Waals surface area contributed by atoms with Gasteiger partial charge in [0, 0.05) is 22.2 Å². The van der Waals surface area contributed by atoms with Crippen LogP contribution in [0.3, 0.4) is 0 Å². The Balaban J connectivity index is 2.13. The first-order chi connectivity index (χ1) is 9.72. The molecule has 0 aliphatic rings. The Morgan fingerprint density at radius 3 is 2.65 bits per heavy atom. The summed E-state index contributed by atoms with van der Waals surface area (Å²) in [5, 5.41) is 4.21. The zero-order valence-electron chi connectivity index (χ0n) is 11.9. The molecule has 0 saturated carbocycles. The SMILES string of the molecule is CCNCc1c(Cl)cccc1SCc1ccccc1C. The molecule has 0 aliphatic carbocycles. The Hall–Kier alpha value is -0.960. The number of nitrogens with one attached hydrogen (secondary N) is 1. The number of aryl methyl sites for hydroxylation is 1. The molecule has 1 N–H and O–H groups in total. The number of hydrogen-bond acceptors (Lipinski definition) is 2. The van der Waals surface area contributed by atoms with Crippen LogP contribution in [0.25, 0.3) is 0 Å². The summed E-state index contributed by atoms with van der Waals surface area (Å²) in [6.45, 7) is 6.05. The van der Waals surface area contributed by atoms with E-state index in [-0.39, 0.29) is 0 Å². The van der Waals surface area contributed by atoms with Crippen LogP contribution in [-0.4, -0.2) is 6.54 Å². The first-order valence-electron chi connectivity index (χ1n) is 6.87. The van der Waals surface area contributed by atoms with Gasteiger partial charge in [0.25, 0.3) is 0 Å². The van der Waals surface area contributed by atoms with Crippen molar-refractivity contribution in [2.24, 2.45) is 0 Å². The molecular weight excluding hydrogens is 286 g/mol. The van der Waals surface area contributed by atoms with Crippen molar-refractivity contribution in [2.45, 2.75) is 31.0 Å². The monoisotopic (exact) mass is 305 g/mol. The van der Waals surface area contributed by atoms with E-state index >= 15 is 0 Å². The molecule has 0 atom stereocenters. The Bertz CT molecular complexity index is 569. The van der Waals surface area contributed by atoms with Crippen LogP contribution < -0.4 is 5.32 Å². The third-order valence-corrected chi connectivity index (χ3v) is 4.78. The molecular formula is C17H20ClNS. The highest BCUT2D eigenvalue weighted by Crippen LogP contribution is 2.31. The molecule has 3 heteroatoms. The lowest BCUT2D eigenvalue weighted by Gasteiger charge is -2.12. The van der Waals surface area contributed by atoms with Crippen LogP contribution in [0.15, 0.2) is 47.4 Å². The molecule has 0 aliphatic heterocycles. The van der Waals surface area contributed by atoms with E-state index in [1.807, 2.05) is 23.9 Å². The average molecular weight is 306 g/mol. The molecule has 0 radical (unpaired) electrons. The lowest BCUT2D eigenvalue weighted by molar-refractivity contribution is 0.718. The van der Waals surface area contributed by atoms with Gasteiger partial charge in [0.1, 0.15) is 0 Å². The van der Waals surface area contributed by atoms with Gasteiger partial charge in [-0.25, -0.2) is 0 Å². The van der Waals surface area contributed by atoms with Crippen LogP contribution in [-0.2, 0) is 12.3 Å². The molecule has 0 bridgehead atoms. The maximum absolute atomic E-state index is 6.32. The van der Waals surface area contributed by atoms with Gasteiger partial charge in [0.05, 0.1) is 0 Å². The van der Waals surface area contributed by atoms with Gasteiger partial charge in [-0.05, 0) is 42.3 Å². The zero-order valence-corrected chi connectivity index (χ0v) is 13.5. The van der Waals surface area contributed by atoms with Gasteiger partial charge >= 0.3 is 0 Å². The lowest BCUT2D eigenvalue weighted by Crippen LogP contribution is -2.12.